The second kappa shape index (κ2) is 5.23. The molecular weight excluding hydrogens is 208 g/mol. The number of nitrogens with zero attached hydrogens (tertiary/aromatic N) is 1. The van der Waals surface area contributed by atoms with Crippen LogP contribution in [0.5, 0.6) is 0 Å². The van der Waals surface area contributed by atoms with E-state index in [4.69, 9.17) is 9.47 Å². The molecule has 1 aromatic rings. The van der Waals surface area contributed by atoms with E-state index < -0.39 is 0 Å². The van der Waals surface area contributed by atoms with E-state index >= 15 is 0 Å². The van der Waals surface area contributed by atoms with Crippen LogP contribution < -0.4 is 5.56 Å². The van der Waals surface area contributed by atoms with Crippen LogP contribution in [-0.2, 0) is 28.9 Å². The molecule has 2 rings (SSSR count). The van der Waals surface area contributed by atoms with Crippen LogP contribution in [-0.4, -0.2) is 29.8 Å². The van der Waals surface area contributed by atoms with Gasteiger partial charge < -0.3 is 14.5 Å². The summed E-state index contributed by atoms with van der Waals surface area (Å²) in [4.78, 5) is 18.9. The molecule has 16 heavy (non-hydrogen) atoms. The van der Waals surface area contributed by atoms with Crippen LogP contribution in [0.2, 0.25) is 0 Å². The van der Waals surface area contributed by atoms with Gasteiger partial charge in [0.2, 0.25) is 0 Å². The molecule has 0 radical (unpaired) electrons. The number of aromatic nitrogens is 2. The van der Waals surface area contributed by atoms with E-state index in [1.807, 2.05) is 6.92 Å². The SMILES string of the molecule is CCOCCc1nc2c(c(=O)[nH]1)COCC2. The minimum absolute atomic E-state index is 0.0730. The number of aromatic amines is 1. The molecule has 1 aliphatic rings. The minimum Gasteiger partial charge on any atom is -0.381 e. The molecule has 2 heterocycles. The van der Waals surface area contributed by atoms with Gasteiger partial charge in [0.15, 0.2) is 0 Å². The topological polar surface area (TPSA) is 64.2 Å². The summed E-state index contributed by atoms with van der Waals surface area (Å²) in [5.74, 6) is 0.708. The zero-order valence-corrected chi connectivity index (χ0v) is 9.41. The number of ether oxygens (including phenoxy) is 2. The van der Waals surface area contributed by atoms with Gasteiger partial charge in [-0.1, -0.05) is 0 Å². The second-order valence-corrected chi connectivity index (χ2v) is 3.69. The van der Waals surface area contributed by atoms with Crippen molar-refractivity contribution in [3.8, 4) is 0 Å². The van der Waals surface area contributed by atoms with Crippen molar-refractivity contribution < 1.29 is 9.47 Å². The molecule has 0 spiro atoms. The van der Waals surface area contributed by atoms with E-state index in [1.165, 1.54) is 0 Å². The average molecular weight is 224 g/mol. The summed E-state index contributed by atoms with van der Waals surface area (Å²) in [6.45, 7) is 4.25. The zero-order chi connectivity index (χ0) is 11.4. The molecule has 5 nitrogen and oxygen atoms in total. The second-order valence-electron chi connectivity index (χ2n) is 3.69. The number of hydrogen-bond acceptors (Lipinski definition) is 4. The van der Waals surface area contributed by atoms with Crippen LogP contribution in [0.1, 0.15) is 24.0 Å². The van der Waals surface area contributed by atoms with Gasteiger partial charge in [-0.05, 0) is 6.92 Å². The number of hydrogen-bond donors (Lipinski definition) is 1. The van der Waals surface area contributed by atoms with Crippen molar-refractivity contribution in [3.05, 3.63) is 27.4 Å². The zero-order valence-electron chi connectivity index (χ0n) is 9.41. The van der Waals surface area contributed by atoms with Crippen LogP contribution in [0, 0.1) is 0 Å². The number of H-pyrrole nitrogens is 1. The van der Waals surface area contributed by atoms with Gasteiger partial charge >= 0.3 is 0 Å². The van der Waals surface area contributed by atoms with Crippen LogP contribution in [0.15, 0.2) is 4.79 Å². The molecule has 0 bridgehead atoms. The molecule has 0 aromatic carbocycles. The van der Waals surface area contributed by atoms with Gasteiger partial charge in [0.05, 0.1) is 31.1 Å². The fourth-order valence-electron chi connectivity index (χ4n) is 1.73. The summed E-state index contributed by atoms with van der Waals surface area (Å²) in [7, 11) is 0. The van der Waals surface area contributed by atoms with Crippen LogP contribution in [0.25, 0.3) is 0 Å². The molecule has 0 saturated carbocycles. The average Bonchev–Trinajstić information content (AvgIpc) is 2.30. The van der Waals surface area contributed by atoms with Crippen molar-refractivity contribution in [1.82, 2.24) is 9.97 Å². The molecule has 0 atom stereocenters. The van der Waals surface area contributed by atoms with E-state index in [1.54, 1.807) is 0 Å². The fraction of sp³-hybridized carbons (Fsp3) is 0.636. The van der Waals surface area contributed by atoms with Crippen LogP contribution in [0.4, 0.5) is 0 Å². The monoisotopic (exact) mass is 224 g/mol. The summed E-state index contributed by atoms with van der Waals surface area (Å²) in [5, 5.41) is 0. The Labute approximate surface area is 93.8 Å². The van der Waals surface area contributed by atoms with Crippen molar-refractivity contribution in [3.63, 3.8) is 0 Å². The summed E-state index contributed by atoms with van der Waals surface area (Å²) in [6, 6.07) is 0. The highest BCUT2D eigenvalue weighted by Crippen LogP contribution is 2.09. The summed E-state index contributed by atoms with van der Waals surface area (Å²) in [6.07, 6.45) is 1.37. The van der Waals surface area contributed by atoms with Gasteiger partial charge in [0, 0.05) is 19.4 Å². The first-order valence-corrected chi connectivity index (χ1v) is 5.57. The summed E-state index contributed by atoms with van der Waals surface area (Å²) in [5.41, 5.74) is 1.48. The van der Waals surface area contributed by atoms with Crippen molar-refractivity contribution in [1.29, 1.82) is 0 Å². The summed E-state index contributed by atoms with van der Waals surface area (Å²) >= 11 is 0. The fourth-order valence-corrected chi connectivity index (χ4v) is 1.73. The third kappa shape index (κ3) is 2.48. The van der Waals surface area contributed by atoms with Crippen molar-refractivity contribution in [2.75, 3.05) is 19.8 Å². The van der Waals surface area contributed by atoms with Crippen LogP contribution >= 0.6 is 0 Å². The molecule has 88 valence electrons. The predicted octanol–water partition coefficient (Wildman–Crippen LogP) is 0.422. The first-order chi connectivity index (χ1) is 7.81. The van der Waals surface area contributed by atoms with Gasteiger partial charge in [-0.3, -0.25) is 4.79 Å². The Hall–Kier alpha value is -1.20. The lowest BCUT2D eigenvalue weighted by Crippen LogP contribution is -2.25. The molecule has 0 aliphatic carbocycles. The molecular formula is C11H16N2O3. The van der Waals surface area contributed by atoms with E-state index in [0.717, 1.165) is 12.1 Å². The Bertz CT molecular complexity index is 414. The maximum absolute atomic E-state index is 11.7. The van der Waals surface area contributed by atoms with Crippen LogP contribution in [0.3, 0.4) is 0 Å². The Balaban J connectivity index is 2.15. The molecule has 0 saturated heterocycles. The van der Waals surface area contributed by atoms with Gasteiger partial charge in [-0.15, -0.1) is 0 Å². The molecule has 5 heteroatoms. The van der Waals surface area contributed by atoms with Gasteiger partial charge in [0.1, 0.15) is 5.82 Å². The molecule has 1 N–H and O–H groups in total. The minimum atomic E-state index is -0.0730. The van der Waals surface area contributed by atoms with Crippen molar-refractivity contribution in [2.45, 2.75) is 26.4 Å². The summed E-state index contributed by atoms with van der Waals surface area (Å²) < 4.78 is 10.5. The third-order valence-electron chi connectivity index (χ3n) is 2.57. The molecule has 0 unspecified atom stereocenters. The quantitative estimate of drug-likeness (QED) is 0.753. The lowest BCUT2D eigenvalue weighted by Gasteiger charge is -2.15. The molecule has 1 aromatic heterocycles. The first-order valence-electron chi connectivity index (χ1n) is 5.57. The number of rotatable bonds is 4. The van der Waals surface area contributed by atoms with Gasteiger partial charge in [-0.25, -0.2) is 4.98 Å². The van der Waals surface area contributed by atoms with E-state index in [2.05, 4.69) is 9.97 Å². The highest BCUT2D eigenvalue weighted by Gasteiger charge is 2.15. The highest BCUT2D eigenvalue weighted by molar-refractivity contribution is 5.19. The maximum atomic E-state index is 11.7. The maximum Gasteiger partial charge on any atom is 0.256 e. The predicted molar refractivity (Wildman–Crippen MR) is 58.4 cm³/mol. The van der Waals surface area contributed by atoms with E-state index in [9.17, 15) is 4.79 Å². The Morgan fingerprint density at radius 3 is 3.25 bits per heavy atom. The standard InChI is InChI=1S/C11H16N2O3/c1-2-15-6-4-10-12-9-3-5-16-7-8(9)11(14)13-10/h2-7H2,1H3,(H,12,13,14). The largest absolute Gasteiger partial charge is 0.381 e. The lowest BCUT2D eigenvalue weighted by molar-refractivity contribution is 0.107. The Morgan fingerprint density at radius 2 is 2.44 bits per heavy atom. The van der Waals surface area contributed by atoms with Gasteiger partial charge in [-0.2, -0.15) is 0 Å². The van der Waals surface area contributed by atoms with Gasteiger partial charge in [0.25, 0.3) is 5.56 Å². The normalized spacial score (nSPS) is 14.8. The smallest absolute Gasteiger partial charge is 0.256 e. The van der Waals surface area contributed by atoms with E-state index in [-0.39, 0.29) is 5.56 Å². The Kier molecular flexibility index (Phi) is 3.69. The Morgan fingerprint density at radius 1 is 1.56 bits per heavy atom. The molecule has 1 aliphatic heterocycles. The highest BCUT2D eigenvalue weighted by atomic mass is 16.5. The lowest BCUT2D eigenvalue weighted by atomic mass is 10.1. The van der Waals surface area contributed by atoms with Crippen molar-refractivity contribution >= 4 is 0 Å². The third-order valence-corrected chi connectivity index (χ3v) is 2.57. The first kappa shape index (κ1) is 11.3. The number of fused-ring (bicyclic) bond motifs is 1. The van der Waals surface area contributed by atoms with E-state index in [0.29, 0.717) is 44.2 Å². The van der Waals surface area contributed by atoms with Crippen molar-refractivity contribution in [2.24, 2.45) is 0 Å². The number of nitrogens with one attached hydrogen (secondary N) is 1. The molecule has 0 fully saturated rings. The molecule has 0 amide bonds.